The molecule has 0 aliphatic heterocycles. The molecule has 0 amide bonds. The van der Waals surface area contributed by atoms with Gasteiger partial charge in [0, 0.05) is 25.8 Å². The Kier molecular flexibility index (Phi) is 4.12. The van der Waals surface area contributed by atoms with Crippen LogP contribution < -0.4 is 11.3 Å². The third-order valence-corrected chi connectivity index (χ3v) is 5.22. The van der Waals surface area contributed by atoms with E-state index < -0.39 is 5.76 Å². The van der Waals surface area contributed by atoms with Gasteiger partial charge < -0.3 is 13.6 Å². The second kappa shape index (κ2) is 6.83. The van der Waals surface area contributed by atoms with E-state index in [2.05, 4.69) is 37.8 Å². The summed E-state index contributed by atoms with van der Waals surface area (Å²) in [5.41, 5.74) is 2.75. The van der Waals surface area contributed by atoms with Crippen LogP contribution in [0.3, 0.4) is 0 Å². The number of imidazole rings is 1. The summed E-state index contributed by atoms with van der Waals surface area (Å²) in [5.74, 6) is -0.391. The number of aryl methyl sites for hydroxylation is 4. The van der Waals surface area contributed by atoms with Gasteiger partial charge in [0.05, 0.1) is 12.9 Å². The zero-order valence-corrected chi connectivity index (χ0v) is 16.5. The Bertz CT molecular complexity index is 1500. The molecule has 0 fully saturated rings. The van der Waals surface area contributed by atoms with Crippen molar-refractivity contribution in [3.8, 4) is 0 Å². The number of nitrogens with zero attached hydrogens (tertiary/aromatic N) is 7. The molecule has 10 nitrogen and oxygen atoms in total. The van der Waals surface area contributed by atoms with Crippen molar-refractivity contribution in [2.24, 2.45) is 14.1 Å². The van der Waals surface area contributed by atoms with Gasteiger partial charge in [-0.15, -0.1) is 5.10 Å². The zero-order chi connectivity index (χ0) is 20.8. The normalized spacial score (nSPS) is 11.7. The van der Waals surface area contributed by atoms with E-state index in [1.54, 1.807) is 11.6 Å². The maximum atomic E-state index is 12.6. The number of rotatable bonds is 5. The summed E-state index contributed by atoms with van der Waals surface area (Å²) in [6, 6.07) is 8.28. The molecule has 0 aliphatic rings. The lowest BCUT2D eigenvalue weighted by molar-refractivity contribution is 0.434. The van der Waals surface area contributed by atoms with E-state index in [1.165, 1.54) is 21.9 Å². The summed E-state index contributed by atoms with van der Waals surface area (Å²) in [5, 5.41) is 5.39. The minimum absolute atomic E-state index is 0.0190. The van der Waals surface area contributed by atoms with Crippen molar-refractivity contribution in [2.75, 3.05) is 0 Å². The Morgan fingerprint density at radius 1 is 1.03 bits per heavy atom. The van der Waals surface area contributed by atoms with Gasteiger partial charge in [0.15, 0.2) is 11.2 Å². The molecule has 4 aromatic heterocycles. The van der Waals surface area contributed by atoms with Crippen LogP contribution in [-0.4, -0.2) is 33.4 Å². The molecule has 4 heterocycles. The second-order valence-corrected chi connectivity index (χ2v) is 7.26. The molecule has 0 N–H and O–H groups in total. The molecule has 0 aliphatic carbocycles. The fraction of sp³-hybridized carbons (Fsp3) is 0.250. The SMILES string of the molecule is Cn1ccc2cc(CCn3nc(Cn4cnc5ncn(C)c5c4=O)oc3=O)ccc21. The summed E-state index contributed by atoms with van der Waals surface area (Å²) in [4.78, 5) is 33.1. The van der Waals surface area contributed by atoms with Crippen LogP contribution in [0.25, 0.3) is 22.1 Å². The van der Waals surface area contributed by atoms with Gasteiger partial charge in [-0.3, -0.25) is 9.36 Å². The van der Waals surface area contributed by atoms with Gasteiger partial charge in [0.25, 0.3) is 5.56 Å². The molecule has 1 aromatic carbocycles. The fourth-order valence-electron chi connectivity index (χ4n) is 3.61. The highest BCUT2D eigenvalue weighted by Gasteiger charge is 2.13. The lowest BCUT2D eigenvalue weighted by Crippen LogP contribution is -2.22. The minimum atomic E-state index is -0.548. The lowest BCUT2D eigenvalue weighted by Gasteiger charge is -2.03. The van der Waals surface area contributed by atoms with Crippen molar-refractivity contribution in [3.05, 3.63) is 75.5 Å². The van der Waals surface area contributed by atoms with Gasteiger partial charge in [0.2, 0.25) is 5.89 Å². The molecule has 5 rings (SSSR count). The maximum Gasteiger partial charge on any atom is 0.437 e. The van der Waals surface area contributed by atoms with Crippen molar-refractivity contribution in [3.63, 3.8) is 0 Å². The number of benzene rings is 1. The van der Waals surface area contributed by atoms with Crippen molar-refractivity contribution in [1.82, 2.24) is 33.4 Å². The predicted molar refractivity (Wildman–Crippen MR) is 109 cm³/mol. The lowest BCUT2D eigenvalue weighted by atomic mass is 10.1. The van der Waals surface area contributed by atoms with Crippen LogP contribution in [-0.2, 0) is 33.6 Å². The molecule has 152 valence electrons. The van der Waals surface area contributed by atoms with E-state index in [1.807, 2.05) is 19.3 Å². The number of fused-ring (bicyclic) bond motifs is 2. The summed E-state index contributed by atoms with van der Waals surface area (Å²) in [6.45, 7) is 0.403. The molecule has 0 saturated carbocycles. The van der Waals surface area contributed by atoms with Crippen LogP contribution in [0.15, 0.2) is 57.1 Å². The van der Waals surface area contributed by atoms with Gasteiger partial charge in [-0.1, -0.05) is 6.07 Å². The van der Waals surface area contributed by atoms with Gasteiger partial charge in [-0.25, -0.2) is 14.8 Å². The molecule has 0 atom stereocenters. The van der Waals surface area contributed by atoms with Crippen LogP contribution in [0.2, 0.25) is 0 Å². The first-order valence-corrected chi connectivity index (χ1v) is 9.47. The molecule has 10 heteroatoms. The Morgan fingerprint density at radius 2 is 1.87 bits per heavy atom. The first-order valence-electron chi connectivity index (χ1n) is 9.47. The van der Waals surface area contributed by atoms with E-state index >= 15 is 0 Å². The zero-order valence-electron chi connectivity index (χ0n) is 16.5. The molecule has 0 radical (unpaired) electrons. The smallest absolute Gasteiger partial charge is 0.390 e. The quantitative estimate of drug-likeness (QED) is 0.433. The van der Waals surface area contributed by atoms with E-state index in [4.69, 9.17) is 4.42 Å². The Morgan fingerprint density at radius 3 is 2.73 bits per heavy atom. The highest BCUT2D eigenvalue weighted by atomic mass is 16.4. The fourth-order valence-corrected chi connectivity index (χ4v) is 3.61. The summed E-state index contributed by atoms with van der Waals surface area (Å²) in [6.07, 6.45) is 5.57. The van der Waals surface area contributed by atoms with Gasteiger partial charge in [-0.05, 0) is 35.6 Å². The van der Waals surface area contributed by atoms with Crippen molar-refractivity contribution in [2.45, 2.75) is 19.5 Å². The third-order valence-electron chi connectivity index (χ3n) is 5.22. The molecule has 0 saturated heterocycles. The summed E-state index contributed by atoms with van der Waals surface area (Å²) >= 11 is 0. The Labute approximate surface area is 169 Å². The van der Waals surface area contributed by atoms with Crippen molar-refractivity contribution in [1.29, 1.82) is 0 Å². The number of hydrogen-bond acceptors (Lipinski definition) is 6. The average Bonchev–Trinajstić information content (AvgIpc) is 3.40. The van der Waals surface area contributed by atoms with Crippen LogP contribution >= 0.6 is 0 Å². The van der Waals surface area contributed by atoms with E-state index in [9.17, 15) is 9.59 Å². The molecule has 0 bridgehead atoms. The molecular formula is C20H19N7O3. The standard InChI is InChI=1S/C20H19N7O3/c1-24-7-6-14-9-13(3-4-15(14)24)5-8-27-20(29)30-16(23-27)10-26-12-22-18-17(19(26)28)25(2)11-21-18/h3-4,6-7,9,11-12H,5,8,10H2,1-2H3. The molecule has 30 heavy (non-hydrogen) atoms. The number of hydrogen-bond donors (Lipinski definition) is 0. The predicted octanol–water partition coefficient (Wildman–Crippen LogP) is 1.06. The highest BCUT2D eigenvalue weighted by molar-refractivity contribution is 5.80. The Hall–Kier alpha value is -3.95. The third kappa shape index (κ3) is 3.02. The topological polar surface area (TPSA) is 106 Å². The Balaban J connectivity index is 1.35. The van der Waals surface area contributed by atoms with Crippen molar-refractivity contribution < 1.29 is 4.42 Å². The van der Waals surface area contributed by atoms with E-state index in [-0.39, 0.29) is 18.0 Å². The van der Waals surface area contributed by atoms with Crippen LogP contribution in [0.4, 0.5) is 0 Å². The van der Waals surface area contributed by atoms with Crippen LogP contribution in [0.1, 0.15) is 11.5 Å². The molecular weight excluding hydrogens is 386 g/mol. The largest absolute Gasteiger partial charge is 0.437 e. The van der Waals surface area contributed by atoms with E-state index in [0.717, 1.165) is 16.5 Å². The van der Waals surface area contributed by atoms with Gasteiger partial charge >= 0.3 is 5.76 Å². The maximum absolute atomic E-state index is 12.6. The minimum Gasteiger partial charge on any atom is -0.390 e. The molecule has 0 unspecified atom stereocenters. The number of aromatic nitrogens is 7. The first kappa shape index (κ1) is 18.1. The molecule has 0 spiro atoms. The van der Waals surface area contributed by atoms with Gasteiger partial charge in [0.1, 0.15) is 12.9 Å². The van der Waals surface area contributed by atoms with Crippen molar-refractivity contribution >= 4 is 22.1 Å². The monoisotopic (exact) mass is 405 g/mol. The second-order valence-electron chi connectivity index (χ2n) is 7.26. The van der Waals surface area contributed by atoms with E-state index in [0.29, 0.717) is 24.1 Å². The summed E-state index contributed by atoms with van der Waals surface area (Å²) in [7, 11) is 3.73. The first-order chi connectivity index (χ1) is 14.5. The highest BCUT2D eigenvalue weighted by Crippen LogP contribution is 2.17. The average molecular weight is 405 g/mol. The van der Waals surface area contributed by atoms with Crippen LogP contribution in [0, 0.1) is 0 Å². The van der Waals surface area contributed by atoms with Crippen LogP contribution in [0.5, 0.6) is 0 Å². The molecule has 5 aromatic rings. The van der Waals surface area contributed by atoms with Gasteiger partial charge in [-0.2, -0.15) is 4.68 Å². The summed E-state index contributed by atoms with van der Waals surface area (Å²) < 4.78 is 11.5.